The van der Waals surface area contributed by atoms with Gasteiger partial charge in [-0.1, -0.05) is 46.1 Å². The number of nitrogens with zero attached hydrogens (tertiary/aromatic N) is 1. The van der Waals surface area contributed by atoms with E-state index in [-0.39, 0.29) is 0 Å². The Hall–Kier alpha value is -1.28. The van der Waals surface area contributed by atoms with Gasteiger partial charge in [0, 0.05) is 18.3 Å². The van der Waals surface area contributed by atoms with Gasteiger partial charge in [0.2, 0.25) is 0 Å². The predicted molar refractivity (Wildman–Crippen MR) is 100 cm³/mol. The number of rotatable bonds is 6. The van der Waals surface area contributed by atoms with Gasteiger partial charge in [-0.05, 0) is 66.4 Å². The van der Waals surface area contributed by atoms with Crippen LogP contribution in [-0.2, 0) is 5.41 Å². The Balaban J connectivity index is 1.66. The Morgan fingerprint density at radius 1 is 1.22 bits per heavy atom. The molecule has 0 radical (unpaired) electrons. The quantitative estimate of drug-likeness (QED) is 0.713. The first-order chi connectivity index (χ1) is 11.1. The molecule has 0 saturated carbocycles. The van der Waals surface area contributed by atoms with Crippen molar-refractivity contribution in [2.45, 2.75) is 58.3 Å². The van der Waals surface area contributed by atoms with Crippen LogP contribution >= 0.6 is 0 Å². The maximum Gasteiger partial charge on any atom is 0.0454 e. The molecule has 0 bridgehead atoms. The molecule has 3 rings (SSSR count). The lowest BCUT2D eigenvalue weighted by atomic mass is 9.68. The van der Waals surface area contributed by atoms with Gasteiger partial charge >= 0.3 is 0 Å². The van der Waals surface area contributed by atoms with Crippen LogP contribution in [0, 0.1) is 5.92 Å². The second-order valence-electron chi connectivity index (χ2n) is 7.71. The summed E-state index contributed by atoms with van der Waals surface area (Å²) < 4.78 is 0. The maximum atomic E-state index is 3.31. The first kappa shape index (κ1) is 16.6. The van der Waals surface area contributed by atoms with Crippen LogP contribution in [0.3, 0.4) is 0 Å². The van der Waals surface area contributed by atoms with Gasteiger partial charge < -0.3 is 9.88 Å². The molecule has 0 spiro atoms. The van der Waals surface area contributed by atoms with Crippen molar-refractivity contribution in [1.82, 2.24) is 9.88 Å². The molecule has 2 unspecified atom stereocenters. The molecule has 1 aromatic carbocycles. The SMILES string of the molecule is CCCCCCN1CCC(C)(c2ccc3[nH]ccc3c2)C(C)C1. The Morgan fingerprint density at radius 2 is 2.09 bits per heavy atom. The number of fused-ring (bicyclic) bond motifs is 1. The summed E-state index contributed by atoms with van der Waals surface area (Å²) in [6, 6.07) is 9.18. The molecule has 2 atom stereocenters. The van der Waals surface area contributed by atoms with E-state index in [2.05, 4.69) is 54.9 Å². The molecule has 2 aromatic rings. The molecule has 1 aromatic heterocycles. The number of piperidine rings is 1. The Labute approximate surface area is 141 Å². The molecule has 23 heavy (non-hydrogen) atoms. The third-order valence-corrected chi connectivity index (χ3v) is 6.11. The smallest absolute Gasteiger partial charge is 0.0454 e. The van der Waals surface area contributed by atoms with Crippen molar-refractivity contribution in [3.8, 4) is 0 Å². The zero-order valence-corrected chi connectivity index (χ0v) is 15.1. The van der Waals surface area contributed by atoms with Gasteiger partial charge in [-0.25, -0.2) is 0 Å². The fourth-order valence-corrected chi connectivity index (χ4v) is 4.12. The van der Waals surface area contributed by atoms with Crippen LogP contribution in [0.2, 0.25) is 0 Å². The van der Waals surface area contributed by atoms with Crippen molar-refractivity contribution in [3.63, 3.8) is 0 Å². The normalized spacial score (nSPS) is 26.0. The van der Waals surface area contributed by atoms with Crippen molar-refractivity contribution < 1.29 is 0 Å². The van der Waals surface area contributed by atoms with E-state index >= 15 is 0 Å². The van der Waals surface area contributed by atoms with Crippen LogP contribution in [-0.4, -0.2) is 29.5 Å². The van der Waals surface area contributed by atoms with E-state index in [9.17, 15) is 0 Å². The molecular weight excluding hydrogens is 280 g/mol. The standard InChI is InChI=1S/C21H32N2/c1-4-5-6-7-13-23-14-11-21(3,17(2)16-23)19-8-9-20-18(15-19)10-12-22-20/h8-10,12,15,17,22H,4-7,11,13-14,16H2,1-3H3. The lowest BCUT2D eigenvalue weighted by molar-refractivity contribution is 0.109. The lowest BCUT2D eigenvalue weighted by Crippen LogP contribution is -2.47. The van der Waals surface area contributed by atoms with E-state index in [0.29, 0.717) is 11.3 Å². The van der Waals surface area contributed by atoms with Gasteiger partial charge in [-0.15, -0.1) is 0 Å². The number of hydrogen-bond acceptors (Lipinski definition) is 1. The summed E-state index contributed by atoms with van der Waals surface area (Å²) in [5.74, 6) is 0.707. The van der Waals surface area contributed by atoms with Gasteiger partial charge in [0.1, 0.15) is 0 Å². The van der Waals surface area contributed by atoms with Crippen molar-refractivity contribution >= 4 is 10.9 Å². The van der Waals surface area contributed by atoms with Gasteiger partial charge in [-0.3, -0.25) is 0 Å². The average Bonchev–Trinajstić information content (AvgIpc) is 3.02. The summed E-state index contributed by atoms with van der Waals surface area (Å²) in [7, 11) is 0. The highest BCUT2D eigenvalue weighted by molar-refractivity contribution is 5.80. The number of unbranched alkanes of at least 4 members (excludes halogenated alkanes) is 3. The lowest BCUT2D eigenvalue weighted by Gasteiger charge is -2.45. The fraction of sp³-hybridized carbons (Fsp3) is 0.619. The van der Waals surface area contributed by atoms with Gasteiger partial charge in [-0.2, -0.15) is 0 Å². The van der Waals surface area contributed by atoms with Crippen LogP contribution in [0.25, 0.3) is 10.9 Å². The highest BCUT2D eigenvalue weighted by Gasteiger charge is 2.37. The topological polar surface area (TPSA) is 19.0 Å². The summed E-state index contributed by atoms with van der Waals surface area (Å²) >= 11 is 0. The number of aromatic amines is 1. The second-order valence-corrected chi connectivity index (χ2v) is 7.71. The fourth-order valence-electron chi connectivity index (χ4n) is 4.12. The Bertz CT molecular complexity index is 630. The van der Waals surface area contributed by atoms with Gasteiger partial charge in [0.05, 0.1) is 0 Å². The van der Waals surface area contributed by atoms with Crippen molar-refractivity contribution in [2.75, 3.05) is 19.6 Å². The third kappa shape index (κ3) is 3.47. The zero-order valence-electron chi connectivity index (χ0n) is 15.1. The number of nitrogens with one attached hydrogen (secondary N) is 1. The Morgan fingerprint density at radius 3 is 2.87 bits per heavy atom. The van der Waals surface area contributed by atoms with Gasteiger partial charge in [0.25, 0.3) is 0 Å². The van der Waals surface area contributed by atoms with Crippen molar-refractivity contribution in [2.24, 2.45) is 5.92 Å². The highest BCUT2D eigenvalue weighted by atomic mass is 15.1. The highest BCUT2D eigenvalue weighted by Crippen LogP contribution is 2.40. The van der Waals surface area contributed by atoms with E-state index < -0.39 is 0 Å². The summed E-state index contributed by atoms with van der Waals surface area (Å²) in [6.07, 6.45) is 8.79. The summed E-state index contributed by atoms with van der Waals surface area (Å²) in [5.41, 5.74) is 3.08. The number of benzene rings is 1. The molecule has 1 aliphatic heterocycles. The van der Waals surface area contributed by atoms with Crippen LogP contribution in [0.1, 0.15) is 58.4 Å². The minimum Gasteiger partial charge on any atom is -0.361 e. The maximum absolute atomic E-state index is 3.31. The first-order valence-corrected chi connectivity index (χ1v) is 9.43. The van der Waals surface area contributed by atoms with Crippen molar-refractivity contribution in [1.29, 1.82) is 0 Å². The molecule has 2 heteroatoms. The molecule has 1 saturated heterocycles. The van der Waals surface area contributed by atoms with Crippen LogP contribution in [0.4, 0.5) is 0 Å². The van der Waals surface area contributed by atoms with E-state index in [0.717, 1.165) is 0 Å². The minimum absolute atomic E-state index is 0.311. The predicted octanol–water partition coefficient (Wildman–Crippen LogP) is 5.35. The molecule has 2 heterocycles. The number of H-pyrrole nitrogens is 1. The minimum atomic E-state index is 0.311. The average molecular weight is 313 g/mol. The summed E-state index contributed by atoms with van der Waals surface area (Å²) in [4.78, 5) is 6.00. The van der Waals surface area contributed by atoms with Crippen LogP contribution in [0.5, 0.6) is 0 Å². The first-order valence-electron chi connectivity index (χ1n) is 9.43. The van der Waals surface area contributed by atoms with Gasteiger partial charge in [0.15, 0.2) is 0 Å². The molecule has 1 N–H and O–H groups in total. The van der Waals surface area contributed by atoms with E-state index in [1.807, 2.05) is 6.20 Å². The van der Waals surface area contributed by atoms with E-state index in [4.69, 9.17) is 0 Å². The molecule has 0 aliphatic carbocycles. The monoisotopic (exact) mass is 312 g/mol. The summed E-state index contributed by atoms with van der Waals surface area (Å²) in [5, 5.41) is 1.35. The third-order valence-electron chi connectivity index (χ3n) is 6.11. The number of hydrogen-bond donors (Lipinski definition) is 1. The molecule has 0 amide bonds. The molecule has 126 valence electrons. The zero-order chi connectivity index (χ0) is 16.3. The second kappa shape index (κ2) is 7.09. The molecule has 1 aliphatic rings. The molecule has 2 nitrogen and oxygen atoms in total. The van der Waals surface area contributed by atoms with E-state index in [1.165, 1.54) is 68.2 Å². The van der Waals surface area contributed by atoms with E-state index in [1.54, 1.807) is 0 Å². The molecular formula is C21H32N2. The summed E-state index contributed by atoms with van der Waals surface area (Å²) in [6.45, 7) is 11.0. The van der Waals surface area contributed by atoms with Crippen LogP contribution < -0.4 is 0 Å². The molecule has 1 fully saturated rings. The van der Waals surface area contributed by atoms with Crippen molar-refractivity contribution in [3.05, 3.63) is 36.0 Å². The number of aromatic nitrogens is 1. The Kier molecular flexibility index (Phi) is 5.11. The van der Waals surface area contributed by atoms with Crippen LogP contribution in [0.15, 0.2) is 30.5 Å². The number of likely N-dealkylation sites (tertiary alicyclic amines) is 1. The largest absolute Gasteiger partial charge is 0.361 e.